The van der Waals surface area contributed by atoms with Gasteiger partial charge in [-0.3, -0.25) is 0 Å². The average Bonchev–Trinajstić information content (AvgIpc) is 2.44. The van der Waals surface area contributed by atoms with Crippen molar-refractivity contribution in [1.82, 2.24) is 5.32 Å². The summed E-state index contributed by atoms with van der Waals surface area (Å²) in [5.74, 6) is 0.708. The molecule has 1 aliphatic carbocycles. The van der Waals surface area contributed by atoms with Crippen LogP contribution in [0.2, 0.25) is 0 Å². The normalized spacial score (nSPS) is 26.2. The van der Waals surface area contributed by atoms with Gasteiger partial charge in [0.05, 0.1) is 5.60 Å². The van der Waals surface area contributed by atoms with E-state index in [9.17, 15) is 0 Å². The van der Waals surface area contributed by atoms with E-state index < -0.39 is 0 Å². The average molecular weight is 385 g/mol. The highest BCUT2D eigenvalue weighted by molar-refractivity contribution is 14.1. The lowest BCUT2D eigenvalue weighted by Gasteiger charge is -2.49. The number of ether oxygens (including phenoxy) is 1. The van der Waals surface area contributed by atoms with Crippen LogP contribution >= 0.6 is 22.6 Å². The molecular formula is C17H24INO. The Kier molecular flexibility index (Phi) is 4.68. The van der Waals surface area contributed by atoms with Crippen molar-refractivity contribution in [3.05, 3.63) is 33.4 Å². The summed E-state index contributed by atoms with van der Waals surface area (Å²) in [6.45, 7) is 4.18. The van der Waals surface area contributed by atoms with E-state index in [4.69, 9.17) is 4.74 Å². The number of hydrogen-bond acceptors (Lipinski definition) is 2. The standard InChI is InChI=1S/C17H24INO/c1-2-19-16(14-6-3-4-7-15(14)18)13-8-11-20-17(12-13)9-5-10-17/h3-4,6-7,13,16,19H,2,5,8-12H2,1H3. The zero-order chi connectivity index (χ0) is 14.0. The van der Waals surface area contributed by atoms with Gasteiger partial charge in [-0.05, 0) is 78.8 Å². The van der Waals surface area contributed by atoms with E-state index in [1.165, 1.54) is 41.2 Å². The van der Waals surface area contributed by atoms with Crippen LogP contribution in [0.25, 0.3) is 0 Å². The van der Waals surface area contributed by atoms with E-state index in [1.54, 1.807) is 0 Å². The molecule has 1 aliphatic heterocycles. The molecule has 110 valence electrons. The lowest BCUT2D eigenvalue weighted by molar-refractivity contribution is -0.147. The Balaban J connectivity index is 1.81. The second-order valence-corrected chi connectivity index (χ2v) is 7.36. The van der Waals surface area contributed by atoms with Gasteiger partial charge < -0.3 is 10.1 Å². The molecule has 0 aromatic heterocycles. The topological polar surface area (TPSA) is 21.3 Å². The van der Waals surface area contributed by atoms with Crippen molar-refractivity contribution in [3.63, 3.8) is 0 Å². The molecule has 2 fully saturated rings. The van der Waals surface area contributed by atoms with Gasteiger partial charge in [-0.2, -0.15) is 0 Å². The highest BCUT2D eigenvalue weighted by Gasteiger charge is 2.44. The fourth-order valence-corrected chi connectivity index (χ4v) is 4.47. The van der Waals surface area contributed by atoms with Crippen LogP contribution in [0.15, 0.2) is 24.3 Å². The zero-order valence-corrected chi connectivity index (χ0v) is 14.4. The summed E-state index contributed by atoms with van der Waals surface area (Å²) in [6, 6.07) is 9.29. The molecule has 3 heteroatoms. The Morgan fingerprint density at radius 3 is 2.85 bits per heavy atom. The molecule has 20 heavy (non-hydrogen) atoms. The largest absolute Gasteiger partial charge is 0.375 e. The summed E-state index contributed by atoms with van der Waals surface area (Å²) in [4.78, 5) is 0. The van der Waals surface area contributed by atoms with Crippen LogP contribution in [0.1, 0.15) is 50.6 Å². The Hall–Kier alpha value is -0.130. The second kappa shape index (κ2) is 6.32. The van der Waals surface area contributed by atoms with E-state index in [0.29, 0.717) is 12.0 Å². The summed E-state index contributed by atoms with van der Waals surface area (Å²) < 4.78 is 7.48. The van der Waals surface area contributed by atoms with Crippen molar-refractivity contribution in [2.75, 3.05) is 13.2 Å². The third-order valence-electron chi connectivity index (χ3n) is 4.93. The Bertz CT molecular complexity index is 458. The van der Waals surface area contributed by atoms with Gasteiger partial charge in [0.1, 0.15) is 0 Å². The first-order valence-corrected chi connectivity index (χ1v) is 8.94. The molecule has 2 unspecified atom stereocenters. The molecule has 1 aromatic rings. The predicted octanol–water partition coefficient (Wildman–Crippen LogP) is 4.29. The highest BCUT2D eigenvalue weighted by Crippen LogP contribution is 2.47. The summed E-state index contributed by atoms with van der Waals surface area (Å²) in [6.07, 6.45) is 6.31. The molecule has 0 radical (unpaired) electrons. The van der Waals surface area contributed by atoms with Crippen molar-refractivity contribution in [2.45, 2.75) is 50.7 Å². The minimum absolute atomic E-state index is 0.233. The van der Waals surface area contributed by atoms with Crippen LogP contribution in [0.5, 0.6) is 0 Å². The first-order valence-electron chi connectivity index (χ1n) is 7.86. The van der Waals surface area contributed by atoms with Crippen molar-refractivity contribution in [3.8, 4) is 0 Å². The van der Waals surface area contributed by atoms with Crippen LogP contribution in [0.4, 0.5) is 0 Å². The Morgan fingerprint density at radius 1 is 1.40 bits per heavy atom. The zero-order valence-electron chi connectivity index (χ0n) is 12.2. The van der Waals surface area contributed by atoms with Crippen LogP contribution < -0.4 is 5.32 Å². The maximum Gasteiger partial charge on any atom is 0.0686 e. The molecule has 0 bridgehead atoms. The second-order valence-electron chi connectivity index (χ2n) is 6.19. The molecule has 1 heterocycles. The molecular weight excluding hydrogens is 361 g/mol. The third kappa shape index (κ3) is 2.90. The molecule has 0 amide bonds. The van der Waals surface area contributed by atoms with Crippen molar-refractivity contribution in [1.29, 1.82) is 0 Å². The quantitative estimate of drug-likeness (QED) is 0.781. The van der Waals surface area contributed by atoms with Gasteiger partial charge in [0.25, 0.3) is 0 Å². The minimum atomic E-state index is 0.233. The highest BCUT2D eigenvalue weighted by atomic mass is 127. The predicted molar refractivity (Wildman–Crippen MR) is 90.8 cm³/mol. The summed E-state index contributed by atoms with van der Waals surface area (Å²) >= 11 is 2.47. The van der Waals surface area contributed by atoms with Gasteiger partial charge in [-0.1, -0.05) is 25.1 Å². The van der Waals surface area contributed by atoms with Crippen LogP contribution in [0.3, 0.4) is 0 Å². The van der Waals surface area contributed by atoms with Crippen molar-refractivity contribution in [2.24, 2.45) is 5.92 Å². The summed E-state index contributed by atoms with van der Waals surface area (Å²) in [7, 11) is 0. The fraction of sp³-hybridized carbons (Fsp3) is 0.647. The first-order chi connectivity index (χ1) is 9.74. The van der Waals surface area contributed by atoms with E-state index >= 15 is 0 Å². The van der Waals surface area contributed by atoms with Crippen molar-refractivity contribution >= 4 is 22.6 Å². The van der Waals surface area contributed by atoms with Gasteiger partial charge in [-0.15, -0.1) is 0 Å². The fourth-order valence-electron chi connectivity index (χ4n) is 3.75. The van der Waals surface area contributed by atoms with Gasteiger partial charge >= 0.3 is 0 Å². The lowest BCUT2D eigenvalue weighted by Crippen LogP contribution is -2.48. The first kappa shape index (κ1) is 14.8. The molecule has 2 atom stereocenters. The summed E-state index contributed by atoms with van der Waals surface area (Å²) in [5, 5.41) is 3.74. The summed E-state index contributed by atoms with van der Waals surface area (Å²) in [5.41, 5.74) is 1.70. The number of hydrogen-bond donors (Lipinski definition) is 1. The molecule has 2 nitrogen and oxygen atoms in total. The van der Waals surface area contributed by atoms with E-state index in [-0.39, 0.29) is 5.60 Å². The van der Waals surface area contributed by atoms with E-state index in [2.05, 4.69) is 59.1 Å². The van der Waals surface area contributed by atoms with Gasteiger partial charge in [-0.25, -0.2) is 0 Å². The number of halogens is 1. The number of nitrogens with one attached hydrogen (secondary N) is 1. The molecule has 1 spiro atoms. The molecule has 1 aromatic carbocycles. The van der Waals surface area contributed by atoms with Crippen molar-refractivity contribution < 1.29 is 4.74 Å². The monoisotopic (exact) mass is 385 g/mol. The van der Waals surface area contributed by atoms with Gasteiger partial charge in [0, 0.05) is 16.2 Å². The molecule has 1 saturated heterocycles. The molecule has 3 rings (SSSR count). The Morgan fingerprint density at radius 2 is 2.20 bits per heavy atom. The Labute approximate surface area is 135 Å². The minimum Gasteiger partial charge on any atom is -0.375 e. The van der Waals surface area contributed by atoms with E-state index in [1.807, 2.05) is 0 Å². The maximum atomic E-state index is 6.10. The van der Waals surface area contributed by atoms with Crippen LogP contribution in [0, 0.1) is 9.49 Å². The number of rotatable bonds is 4. The smallest absolute Gasteiger partial charge is 0.0686 e. The lowest BCUT2D eigenvalue weighted by atomic mass is 9.69. The van der Waals surface area contributed by atoms with Gasteiger partial charge in [0.15, 0.2) is 0 Å². The number of benzene rings is 1. The van der Waals surface area contributed by atoms with Crippen LogP contribution in [-0.4, -0.2) is 18.8 Å². The van der Waals surface area contributed by atoms with E-state index in [0.717, 1.165) is 13.2 Å². The SMILES string of the molecule is CCNC(c1ccccc1I)C1CCOC2(CCC2)C1. The third-order valence-corrected chi connectivity index (χ3v) is 5.91. The maximum absolute atomic E-state index is 6.10. The van der Waals surface area contributed by atoms with Crippen LogP contribution in [-0.2, 0) is 4.74 Å². The molecule has 1 N–H and O–H groups in total. The van der Waals surface area contributed by atoms with Gasteiger partial charge in [0.2, 0.25) is 0 Å². The molecule has 1 saturated carbocycles. The molecule has 2 aliphatic rings.